The van der Waals surface area contributed by atoms with Gasteiger partial charge in [0, 0.05) is 36.6 Å². The Kier molecular flexibility index (Phi) is 4.86. The minimum atomic E-state index is 0.647. The highest BCUT2D eigenvalue weighted by atomic mass is 35.5. The summed E-state index contributed by atoms with van der Waals surface area (Å²) >= 11 is 7.66. The molecule has 0 aliphatic carbocycles. The zero-order valence-electron chi connectivity index (χ0n) is 10.6. The van der Waals surface area contributed by atoms with Crippen LogP contribution in [0.2, 0.25) is 4.34 Å². The zero-order chi connectivity index (χ0) is 12.3. The van der Waals surface area contributed by atoms with Crippen LogP contribution in [0.25, 0.3) is 0 Å². The van der Waals surface area contributed by atoms with Crippen molar-refractivity contribution >= 4 is 22.9 Å². The lowest BCUT2D eigenvalue weighted by Gasteiger charge is -2.38. The Morgan fingerprint density at radius 3 is 3.00 bits per heavy atom. The third-order valence-electron chi connectivity index (χ3n) is 3.55. The van der Waals surface area contributed by atoms with Crippen LogP contribution >= 0.6 is 22.9 Å². The lowest BCUT2D eigenvalue weighted by molar-refractivity contribution is 0.141. The Morgan fingerprint density at radius 2 is 2.35 bits per heavy atom. The van der Waals surface area contributed by atoms with E-state index in [4.69, 9.17) is 11.6 Å². The fraction of sp³-hybridized carbons (Fsp3) is 0.692. The highest BCUT2D eigenvalue weighted by Gasteiger charge is 2.23. The Morgan fingerprint density at radius 1 is 1.53 bits per heavy atom. The Hall–Kier alpha value is -0.0900. The van der Waals surface area contributed by atoms with E-state index in [0.717, 1.165) is 23.8 Å². The summed E-state index contributed by atoms with van der Waals surface area (Å²) in [5.74, 6) is 0. The van der Waals surface area contributed by atoms with Crippen LogP contribution in [0.1, 0.15) is 25.1 Å². The normalized spacial score (nSPS) is 26.3. The molecule has 1 fully saturated rings. The average Bonchev–Trinajstić information content (AvgIpc) is 2.74. The fourth-order valence-electron chi connectivity index (χ4n) is 2.32. The molecule has 96 valence electrons. The van der Waals surface area contributed by atoms with Gasteiger partial charge in [-0.1, -0.05) is 18.5 Å². The maximum absolute atomic E-state index is 5.95. The molecule has 0 bridgehead atoms. The second-order valence-corrected chi connectivity index (χ2v) is 6.61. The monoisotopic (exact) mass is 272 g/mol. The van der Waals surface area contributed by atoms with Gasteiger partial charge in [0.25, 0.3) is 0 Å². The van der Waals surface area contributed by atoms with E-state index in [1.807, 2.05) is 6.07 Å². The molecule has 0 spiro atoms. The smallest absolute Gasteiger partial charge is 0.0931 e. The molecule has 1 aliphatic heterocycles. The summed E-state index contributed by atoms with van der Waals surface area (Å²) in [5.41, 5.74) is 0. The van der Waals surface area contributed by atoms with Crippen molar-refractivity contribution in [3.8, 4) is 0 Å². The molecule has 2 rings (SSSR count). The van der Waals surface area contributed by atoms with Gasteiger partial charge in [-0.3, -0.25) is 4.90 Å². The van der Waals surface area contributed by atoms with Crippen molar-refractivity contribution in [3.05, 3.63) is 21.3 Å². The van der Waals surface area contributed by atoms with Crippen LogP contribution in [0.4, 0.5) is 0 Å². The Bertz CT molecular complexity index is 353. The van der Waals surface area contributed by atoms with E-state index < -0.39 is 0 Å². The SMILES string of the molecule is CCC1CN(CCc2ccc(Cl)s2)C(C)CN1. The van der Waals surface area contributed by atoms with Gasteiger partial charge >= 0.3 is 0 Å². The van der Waals surface area contributed by atoms with E-state index in [1.165, 1.54) is 17.8 Å². The van der Waals surface area contributed by atoms with Crippen LogP contribution in [-0.4, -0.2) is 36.6 Å². The lowest BCUT2D eigenvalue weighted by Crippen LogP contribution is -2.55. The molecule has 0 saturated carbocycles. The van der Waals surface area contributed by atoms with Gasteiger partial charge in [0.1, 0.15) is 0 Å². The topological polar surface area (TPSA) is 15.3 Å². The first-order valence-corrected chi connectivity index (χ1v) is 7.60. The van der Waals surface area contributed by atoms with Gasteiger partial charge < -0.3 is 5.32 Å². The number of halogens is 1. The van der Waals surface area contributed by atoms with Crippen LogP contribution in [0, 0.1) is 0 Å². The standard InChI is InChI=1S/C13H21ClN2S/c1-3-11-9-16(10(2)8-15-11)7-6-12-4-5-13(14)17-12/h4-5,10-11,15H,3,6-9H2,1-2H3. The molecule has 1 aromatic rings. The first-order valence-electron chi connectivity index (χ1n) is 6.40. The van der Waals surface area contributed by atoms with Gasteiger partial charge in [-0.2, -0.15) is 0 Å². The van der Waals surface area contributed by atoms with E-state index in [0.29, 0.717) is 12.1 Å². The maximum Gasteiger partial charge on any atom is 0.0931 e. The Labute approximate surface area is 113 Å². The predicted molar refractivity (Wildman–Crippen MR) is 76.1 cm³/mol. The van der Waals surface area contributed by atoms with Gasteiger partial charge in [0.2, 0.25) is 0 Å². The molecule has 0 aromatic carbocycles. The minimum Gasteiger partial charge on any atom is -0.311 e. The van der Waals surface area contributed by atoms with Crippen molar-refractivity contribution in [3.63, 3.8) is 0 Å². The van der Waals surface area contributed by atoms with E-state index >= 15 is 0 Å². The number of rotatable bonds is 4. The zero-order valence-corrected chi connectivity index (χ0v) is 12.2. The molecule has 2 heterocycles. The van der Waals surface area contributed by atoms with E-state index in [9.17, 15) is 0 Å². The number of nitrogens with zero attached hydrogens (tertiary/aromatic N) is 1. The van der Waals surface area contributed by atoms with Gasteiger partial charge in [-0.05, 0) is 31.9 Å². The van der Waals surface area contributed by atoms with E-state index in [-0.39, 0.29) is 0 Å². The van der Waals surface area contributed by atoms with Crippen LogP contribution in [0.3, 0.4) is 0 Å². The van der Waals surface area contributed by atoms with Gasteiger partial charge in [-0.25, -0.2) is 0 Å². The highest BCUT2D eigenvalue weighted by molar-refractivity contribution is 7.16. The van der Waals surface area contributed by atoms with Crippen LogP contribution in [0.15, 0.2) is 12.1 Å². The quantitative estimate of drug-likeness (QED) is 0.906. The number of hydrogen-bond acceptors (Lipinski definition) is 3. The first kappa shape index (κ1) is 13.3. The minimum absolute atomic E-state index is 0.647. The number of nitrogens with one attached hydrogen (secondary N) is 1. The molecule has 1 saturated heterocycles. The predicted octanol–water partition coefficient (Wildman–Crippen LogP) is 3.02. The van der Waals surface area contributed by atoms with E-state index in [2.05, 4.69) is 30.1 Å². The van der Waals surface area contributed by atoms with Crippen LogP contribution < -0.4 is 5.32 Å². The number of hydrogen-bond donors (Lipinski definition) is 1. The van der Waals surface area contributed by atoms with Crippen LogP contribution in [-0.2, 0) is 6.42 Å². The molecular weight excluding hydrogens is 252 g/mol. The molecule has 17 heavy (non-hydrogen) atoms. The molecule has 1 N–H and O–H groups in total. The summed E-state index contributed by atoms with van der Waals surface area (Å²) in [6, 6.07) is 5.46. The molecule has 1 aliphatic rings. The molecule has 0 radical (unpaired) electrons. The largest absolute Gasteiger partial charge is 0.311 e. The summed E-state index contributed by atoms with van der Waals surface area (Å²) in [4.78, 5) is 3.99. The van der Waals surface area contributed by atoms with Crippen LogP contribution in [0.5, 0.6) is 0 Å². The third kappa shape index (κ3) is 3.68. The summed E-state index contributed by atoms with van der Waals surface area (Å²) < 4.78 is 0.903. The van der Waals surface area contributed by atoms with E-state index in [1.54, 1.807) is 11.3 Å². The van der Waals surface area contributed by atoms with Gasteiger partial charge in [0.15, 0.2) is 0 Å². The maximum atomic E-state index is 5.95. The number of thiophene rings is 1. The summed E-state index contributed by atoms with van der Waals surface area (Å²) in [6.07, 6.45) is 2.34. The van der Waals surface area contributed by atoms with Gasteiger partial charge in [0.05, 0.1) is 4.34 Å². The summed E-state index contributed by atoms with van der Waals surface area (Å²) in [5, 5.41) is 3.59. The molecule has 4 heteroatoms. The molecule has 2 atom stereocenters. The average molecular weight is 273 g/mol. The van der Waals surface area contributed by atoms with Crippen molar-refractivity contribution in [2.24, 2.45) is 0 Å². The second-order valence-electron chi connectivity index (χ2n) is 4.81. The van der Waals surface area contributed by atoms with Gasteiger partial charge in [-0.15, -0.1) is 11.3 Å². The van der Waals surface area contributed by atoms with Crippen molar-refractivity contribution in [2.45, 2.75) is 38.8 Å². The first-order chi connectivity index (χ1) is 8.19. The molecule has 2 unspecified atom stereocenters. The molecule has 2 nitrogen and oxygen atoms in total. The summed E-state index contributed by atoms with van der Waals surface area (Å²) in [6.45, 7) is 8.00. The second kappa shape index (κ2) is 6.19. The molecular formula is C13H21ClN2S. The van der Waals surface area contributed by atoms with Crippen molar-refractivity contribution in [1.82, 2.24) is 10.2 Å². The van der Waals surface area contributed by atoms with Crippen molar-refractivity contribution < 1.29 is 0 Å². The third-order valence-corrected chi connectivity index (χ3v) is 4.84. The lowest BCUT2D eigenvalue weighted by atomic mass is 10.1. The van der Waals surface area contributed by atoms with Crippen molar-refractivity contribution in [1.29, 1.82) is 0 Å². The molecule has 0 amide bonds. The number of piperazine rings is 1. The summed E-state index contributed by atoms with van der Waals surface area (Å²) in [7, 11) is 0. The Balaban J connectivity index is 1.84. The highest BCUT2D eigenvalue weighted by Crippen LogP contribution is 2.22. The van der Waals surface area contributed by atoms with Crippen molar-refractivity contribution in [2.75, 3.05) is 19.6 Å². The fourth-order valence-corrected chi connectivity index (χ4v) is 3.40. The molecule has 1 aromatic heterocycles.